The number of hydrogen-bond donors (Lipinski definition) is 0. The Labute approximate surface area is 112 Å². The fourth-order valence-electron chi connectivity index (χ4n) is 1.35. The number of hydrogen-bond acceptors (Lipinski definition) is 3. The number of benzene rings is 1. The lowest BCUT2D eigenvalue weighted by molar-refractivity contribution is 0.0478. The van der Waals surface area contributed by atoms with Gasteiger partial charge >= 0.3 is 5.97 Å². The number of halogens is 1. The summed E-state index contributed by atoms with van der Waals surface area (Å²) < 4.78 is 5.23. The van der Waals surface area contributed by atoms with Gasteiger partial charge in [0.05, 0.1) is 0 Å². The van der Waals surface area contributed by atoms with E-state index in [0.717, 1.165) is 15.8 Å². The molecule has 0 saturated carbocycles. The molecule has 2 nitrogen and oxygen atoms in total. The second-order valence-corrected chi connectivity index (χ2v) is 5.19. The third-order valence-corrected chi connectivity index (χ3v) is 4.25. The van der Waals surface area contributed by atoms with Crippen molar-refractivity contribution in [3.63, 3.8) is 0 Å². The van der Waals surface area contributed by atoms with Crippen LogP contribution in [0.1, 0.15) is 20.1 Å². The van der Waals surface area contributed by atoms with E-state index in [0.29, 0.717) is 11.5 Å². The van der Waals surface area contributed by atoms with Crippen molar-refractivity contribution >= 4 is 33.2 Å². The molecule has 0 amide bonds. The van der Waals surface area contributed by atoms with E-state index in [1.165, 1.54) is 11.3 Å². The normalized spacial score (nSPS) is 10.2. The van der Waals surface area contributed by atoms with Gasteiger partial charge in [-0.05, 0) is 17.7 Å². The first-order valence-corrected chi connectivity index (χ1v) is 7.09. The van der Waals surface area contributed by atoms with Crippen LogP contribution in [-0.2, 0) is 16.7 Å². The fourth-order valence-corrected chi connectivity index (χ4v) is 2.64. The summed E-state index contributed by atoms with van der Waals surface area (Å²) in [7, 11) is 0. The average Bonchev–Trinajstić information content (AvgIpc) is 2.86. The largest absolute Gasteiger partial charge is 0.457 e. The molecular formula is C13H11BrO2S. The van der Waals surface area contributed by atoms with Crippen LogP contribution in [-0.4, -0.2) is 5.97 Å². The number of thiophene rings is 1. The number of ether oxygens (including phenoxy) is 1. The summed E-state index contributed by atoms with van der Waals surface area (Å²) in [6.07, 6.45) is 0. The smallest absolute Gasteiger partial charge is 0.348 e. The van der Waals surface area contributed by atoms with Gasteiger partial charge in [0.2, 0.25) is 0 Å². The van der Waals surface area contributed by atoms with E-state index in [4.69, 9.17) is 4.74 Å². The maximum absolute atomic E-state index is 11.7. The van der Waals surface area contributed by atoms with Crippen LogP contribution in [0.5, 0.6) is 0 Å². The lowest BCUT2D eigenvalue weighted by Gasteiger charge is -2.02. The third kappa shape index (κ3) is 3.41. The summed E-state index contributed by atoms with van der Waals surface area (Å²) >= 11 is 4.81. The average molecular weight is 311 g/mol. The van der Waals surface area contributed by atoms with Gasteiger partial charge in [-0.3, -0.25) is 0 Å². The third-order valence-electron chi connectivity index (χ3n) is 2.21. The van der Waals surface area contributed by atoms with Crippen LogP contribution in [0.15, 0.2) is 42.5 Å². The van der Waals surface area contributed by atoms with Crippen molar-refractivity contribution < 1.29 is 9.53 Å². The summed E-state index contributed by atoms with van der Waals surface area (Å²) in [6.45, 7) is 0.321. The molecule has 0 atom stereocenters. The van der Waals surface area contributed by atoms with Gasteiger partial charge in [0.25, 0.3) is 0 Å². The molecular weight excluding hydrogens is 300 g/mol. The summed E-state index contributed by atoms with van der Waals surface area (Å²) in [4.78, 5) is 13.5. The van der Waals surface area contributed by atoms with Gasteiger partial charge in [0.1, 0.15) is 11.5 Å². The van der Waals surface area contributed by atoms with Crippen LogP contribution in [0, 0.1) is 0 Å². The molecule has 0 aliphatic carbocycles. The highest BCUT2D eigenvalue weighted by Gasteiger charge is 2.10. The lowest BCUT2D eigenvalue weighted by Crippen LogP contribution is -2.02. The minimum Gasteiger partial charge on any atom is -0.457 e. The molecule has 2 rings (SSSR count). The fraction of sp³-hybridized carbons (Fsp3) is 0.154. The number of carbonyl (C=O) groups excluding carboxylic acids is 1. The van der Waals surface area contributed by atoms with Crippen molar-refractivity contribution in [1.82, 2.24) is 0 Å². The number of rotatable bonds is 4. The highest BCUT2D eigenvalue weighted by molar-refractivity contribution is 9.08. The first-order valence-electron chi connectivity index (χ1n) is 5.15. The van der Waals surface area contributed by atoms with E-state index in [1.807, 2.05) is 36.4 Å². The van der Waals surface area contributed by atoms with Crippen molar-refractivity contribution in [2.24, 2.45) is 0 Å². The summed E-state index contributed by atoms with van der Waals surface area (Å²) in [5.74, 6) is -0.258. The van der Waals surface area contributed by atoms with Crippen LogP contribution in [0.4, 0.5) is 0 Å². The molecule has 0 radical (unpaired) electrons. The quantitative estimate of drug-likeness (QED) is 0.630. The van der Waals surface area contributed by atoms with Crippen molar-refractivity contribution in [2.75, 3.05) is 0 Å². The topological polar surface area (TPSA) is 26.3 Å². The van der Waals surface area contributed by atoms with E-state index in [2.05, 4.69) is 15.9 Å². The van der Waals surface area contributed by atoms with Crippen molar-refractivity contribution in [2.45, 2.75) is 11.9 Å². The molecule has 4 heteroatoms. The zero-order valence-corrected chi connectivity index (χ0v) is 11.5. The molecule has 88 valence electrons. The highest BCUT2D eigenvalue weighted by atomic mass is 79.9. The summed E-state index contributed by atoms with van der Waals surface area (Å²) in [6, 6.07) is 13.4. The second kappa shape index (κ2) is 5.98. The molecule has 1 heterocycles. The Balaban J connectivity index is 1.93. The molecule has 2 aromatic rings. The van der Waals surface area contributed by atoms with Crippen molar-refractivity contribution in [3.8, 4) is 0 Å². The Morgan fingerprint density at radius 3 is 2.59 bits per heavy atom. The van der Waals surface area contributed by atoms with Gasteiger partial charge in [-0.25, -0.2) is 4.79 Å². The minimum absolute atomic E-state index is 0.258. The number of alkyl halides is 1. The number of carbonyl (C=O) groups is 1. The first-order chi connectivity index (χ1) is 8.29. The Morgan fingerprint density at radius 1 is 1.18 bits per heavy atom. The molecule has 0 saturated heterocycles. The van der Waals surface area contributed by atoms with Crippen molar-refractivity contribution in [3.05, 3.63) is 57.8 Å². The van der Waals surface area contributed by atoms with Crippen molar-refractivity contribution in [1.29, 1.82) is 0 Å². The van der Waals surface area contributed by atoms with E-state index in [1.54, 1.807) is 6.07 Å². The molecule has 17 heavy (non-hydrogen) atoms. The van der Waals surface area contributed by atoms with Crippen LogP contribution >= 0.6 is 27.3 Å². The summed E-state index contributed by atoms with van der Waals surface area (Å²) in [5, 5.41) is 0.767. The number of esters is 1. The maximum Gasteiger partial charge on any atom is 0.348 e. The van der Waals surface area contributed by atoms with Gasteiger partial charge in [-0.2, -0.15) is 0 Å². The molecule has 0 unspecified atom stereocenters. The SMILES string of the molecule is O=C(OCc1ccccc1)c1ccc(CBr)s1. The predicted molar refractivity (Wildman–Crippen MR) is 72.5 cm³/mol. The molecule has 0 bridgehead atoms. The monoisotopic (exact) mass is 310 g/mol. The van der Waals surface area contributed by atoms with Crippen LogP contribution in [0.25, 0.3) is 0 Å². The van der Waals surface area contributed by atoms with Gasteiger partial charge in [-0.1, -0.05) is 46.3 Å². The minimum atomic E-state index is -0.258. The zero-order valence-electron chi connectivity index (χ0n) is 9.06. The molecule has 1 aromatic carbocycles. The van der Waals surface area contributed by atoms with Crippen LogP contribution in [0.2, 0.25) is 0 Å². The van der Waals surface area contributed by atoms with Gasteiger partial charge in [0, 0.05) is 10.2 Å². The molecule has 0 fully saturated rings. The lowest BCUT2D eigenvalue weighted by atomic mass is 10.2. The predicted octanol–water partition coefficient (Wildman–Crippen LogP) is 4.00. The molecule has 0 spiro atoms. The van der Waals surface area contributed by atoms with Crippen LogP contribution in [0.3, 0.4) is 0 Å². The Bertz CT molecular complexity index is 493. The Morgan fingerprint density at radius 2 is 1.94 bits per heavy atom. The zero-order chi connectivity index (χ0) is 12.1. The van der Waals surface area contributed by atoms with Gasteiger partial charge < -0.3 is 4.74 Å². The molecule has 0 aliphatic heterocycles. The second-order valence-electron chi connectivity index (χ2n) is 3.46. The van der Waals surface area contributed by atoms with E-state index < -0.39 is 0 Å². The summed E-state index contributed by atoms with van der Waals surface area (Å²) in [5.41, 5.74) is 0.998. The molecule has 1 aromatic heterocycles. The van der Waals surface area contributed by atoms with Crippen LogP contribution < -0.4 is 0 Å². The Kier molecular flexibility index (Phi) is 4.34. The first kappa shape index (κ1) is 12.3. The Hall–Kier alpha value is -1.13. The standard InChI is InChI=1S/C13H11BrO2S/c14-8-11-6-7-12(17-11)13(15)16-9-10-4-2-1-3-5-10/h1-7H,8-9H2. The van der Waals surface area contributed by atoms with Gasteiger partial charge in [0.15, 0.2) is 0 Å². The highest BCUT2D eigenvalue weighted by Crippen LogP contribution is 2.20. The maximum atomic E-state index is 11.7. The molecule has 0 aliphatic rings. The van der Waals surface area contributed by atoms with E-state index in [9.17, 15) is 4.79 Å². The van der Waals surface area contributed by atoms with Gasteiger partial charge in [-0.15, -0.1) is 11.3 Å². The van der Waals surface area contributed by atoms with E-state index in [-0.39, 0.29) is 5.97 Å². The molecule has 0 N–H and O–H groups in total. The van der Waals surface area contributed by atoms with E-state index >= 15 is 0 Å².